The number of rotatable bonds is 4. The molecule has 1 aliphatic rings. The van der Waals surface area contributed by atoms with Crippen LogP contribution in [0.15, 0.2) is 12.1 Å². The molecule has 114 valence electrons. The van der Waals surface area contributed by atoms with Crippen molar-refractivity contribution in [3.05, 3.63) is 17.7 Å². The average molecular weight is 293 g/mol. The van der Waals surface area contributed by atoms with Gasteiger partial charge in [-0.3, -0.25) is 9.59 Å². The summed E-state index contributed by atoms with van der Waals surface area (Å²) >= 11 is 0. The molecule has 1 aromatic carbocycles. The van der Waals surface area contributed by atoms with Crippen molar-refractivity contribution in [2.75, 3.05) is 26.5 Å². The molecular formula is C14H19N3O4. The molecule has 1 heterocycles. The molecule has 0 spiro atoms. The fourth-order valence-electron chi connectivity index (χ4n) is 2.24. The monoisotopic (exact) mass is 293 g/mol. The van der Waals surface area contributed by atoms with E-state index in [2.05, 4.69) is 10.6 Å². The van der Waals surface area contributed by atoms with Crippen molar-refractivity contribution >= 4 is 17.5 Å². The topological polar surface area (TPSA) is 103 Å². The van der Waals surface area contributed by atoms with Crippen LogP contribution in [0.4, 0.5) is 5.69 Å². The second-order valence-electron chi connectivity index (χ2n) is 4.75. The van der Waals surface area contributed by atoms with Crippen molar-refractivity contribution in [1.82, 2.24) is 10.6 Å². The summed E-state index contributed by atoms with van der Waals surface area (Å²) in [6.45, 7) is 0.643. The Morgan fingerprint density at radius 1 is 1.33 bits per heavy atom. The first-order valence-corrected chi connectivity index (χ1v) is 6.67. The van der Waals surface area contributed by atoms with E-state index >= 15 is 0 Å². The van der Waals surface area contributed by atoms with E-state index in [0.29, 0.717) is 24.5 Å². The number of nitrogens with two attached hydrogens (primary N) is 1. The predicted octanol–water partition coefficient (Wildman–Crippen LogP) is 0.294. The Labute approximate surface area is 122 Å². The van der Waals surface area contributed by atoms with Crippen molar-refractivity contribution in [2.45, 2.75) is 18.9 Å². The SMILES string of the molecule is COc1cc(N)c(C(=O)NC2CCCNC2=O)cc1OC. The van der Waals surface area contributed by atoms with Gasteiger partial charge in [0.25, 0.3) is 5.91 Å². The summed E-state index contributed by atoms with van der Waals surface area (Å²) in [6.07, 6.45) is 1.45. The van der Waals surface area contributed by atoms with Gasteiger partial charge in [0, 0.05) is 18.3 Å². The van der Waals surface area contributed by atoms with Gasteiger partial charge in [0.1, 0.15) is 6.04 Å². The third-order valence-electron chi connectivity index (χ3n) is 3.39. The summed E-state index contributed by atoms with van der Waals surface area (Å²) < 4.78 is 10.3. The number of hydrogen-bond acceptors (Lipinski definition) is 5. The number of carbonyl (C=O) groups excluding carboxylic acids is 2. The van der Waals surface area contributed by atoms with Gasteiger partial charge in [-0.25, -0.2) is 0 Å². The summed E-state index contributed by atoms with van der Waals surface area (Å²) in [7, 11) is 2.97. The summed E-state index contributed by atoms with van der Waals surface area (Å²) in [5.41, 5.74) is 6.39. The molecule has 0 aliphatic carbocycles. The zero-order valence-corrected chi connectivity index (χ0v) is 12.1. The number of nitrogen functional groups attached to an aromatic ring is 1. The lowest BCUT2D eigenvalue weighted by molar-refractivity contribution is -0.124. The van der Waals surface area contributed by atoms with Crippen molar-refractivity contribution in [3.63, 3.8) is 0 Å². The highest BCUT2D eigenvalue weighted by atomic mass is 16.5. The first-order chi connectivity index (χ1) is 10.1. The Hall–Kier alpha value is -2.44. The number of methoxy groups -OCH3 is 2. The van der Waals surface area contributed by atoms with E-state index in [1.54, 1.807) is 0 Å². The Morgan fingerprint density at radius 3 is 2.62 bits per heavy atom. The van der Waals surface area contributed by atoms with Gasteiger partial charge in [-0.05, 0) is 18.9 Å². The number of carbonyl (C=O) groups is 2. The van der Waals surface area contributed by atoms with Gasteiger partial charge in [0.15, 0.2) is 11.5 Å². The van der Waals surface area contributed by atoms with Gasteiger partial charge >= 0.3 is 0 Å². The van der Waals surface area contributed by atoms with E-state index in [9.17, 15) is 9.59 Å². The molecule has 0 aromatic heterocycles. The molecule has 1 fully saturated rings. The quantitative estimate of drug-likeness (QED) is 0.693. The van der Waals surface area contributed by atoms with Crippen LogP contribution in [-0.2, 0) is 4.79 Å². The highest BCUT2D eigenvalue weighted by Crippen LogP contribution is 2.31. The molecule has 0 saturated carbocycles. The van der Waals surface area contributed by atoms with Crippen LogP contribution in [-0.4, -0.2) is 38.6 Å². The van der Waals surface area contributed by atoms with Gasteiger partial charge in [0.05, 0.1) is 19.8 Å². The zero-order chi connectivity index (χ0) is 15.4. The molecule has 0 radical (unpaired) electrons. The van der Waals surface area contributed by atoms with Crippen molar-refractivity contribution in [1.29, 1.82) is 0 Å². The maximum Gasteiger partial charge on any atom is 0.254 e. The van der Waals surface area contributed by atoms with Crippen LogP contribution >= 0.6 is 0 Å². The third kappa shape index (κ3) is 3.18. The first-order valence-electron chi connectivity index (χ1n) is 6.67. The van der Waals surface area contributed by atoms with E-state index < -0.39 is 11.9 Å². The molecule has 1 saturated heterocycles. The van der Waals surface area contributed by atoms with Crippen molar-refractivity contribution in [2.24, 2.45) is 0 Å². The molecular weight excluding hydrogens is 274 g/mol. The van der Waals surface area contributed by atoms with Gasteiger partial charge in [-0.2, -0.15) is 0 Å². The average Bonchev–Trinajstić information content (AvgIpc) is 2.49. The molecule has 21 heavy (non-hydrogen) atoms. The number of nitrogens with one attached hydrogen (secondary N) is 2. The highest BCUT2D eigenvalue weighted by Gasteiger charge is 2.25. The molecule has 7 heteroatoms. The summed E-state index contributed by atoms with van der Waals surface area (Å²) in [5, 5.41) is 5.40. The maximum atomic E-state index is 12.3. The van der Waals surface area contributed by atoms with Crippen LogP contribution in [0.1, 0.15) is 23.2 Å². The van der Waals surface area contributed by atoms with Crippen LogP contribution in [0.25, 0.3) is 0 Å². The van der Waals surface area contributed by atoms with Gasteiger partial charge in [-0.1, -0.05) is 0 Å². The summed E-state index contributed by atoms with van der Waals surface area (Å²) in [5.74, 6) is 0.274. The van der Waals surface area contributed by atoms with E-state index in [4.69, 9.17) is 15.2 Å². The van der Waals surface area contributed by atoms with E-state index in [-0.39, 0.29) is 17.2 Å². The predicted molar refractivity (Wildman–Crippen MR) is 77.5 cm³/mol. The Bertz CT molecular complexity index is 559. The molecule has 2 rings (SSSR count). The maximum absolute atomic E-state index is 12.3. The second kappa shape index (κ2) is 6.34. The van der Waals surface area contributed by atoms with Gasteiger partial charge in [0.2, 0.25) is 5.91 Å². The number of ether oxygens (including phenoxy) is 2. The lowest BCUT2D eigenvalue weighted by atomic mass is 10.1. The molecule has 2 amide bonds. The number of amides is 2. The number of anilines is 1. The molecule has 1 atom stereocenters. The normalized spacial score (nSPS) is 17.8. The molecule has 1 aliphatic heterocycles. The van der Waals surface area contributed by atoms with Crippen molar-refractivity contribution in [3.8, 4) is 11.5 Å². The fourth-order valence-corrected chi connectivity index (χ4v) is 2.24. The lowest BCUT2D eigenvalue weighted by Crippen LogP contribution is -2.50. The van der Waals surface area contributed by atoms with Crippen LogP contribution in [0.2, 0.25) is 0 Å². The van der Waals surface area contributed by atoms with Crippen LogP contribution in [0.5, 0.6) is 11.5 Å². The zero-order valence-electron chi connectivity index (χ0n) is 12.1. The molecule has 0 bridgehead atoms. The van der Waals surface area contributed by atoms with Gasteiger partial charge in [-0.15, -0.1) is 0 Å². The molecule has 7 nitrogen and oxygen atoms in total. The van der Waals surface area contributed by atoms with Crippen LogP contribution < -0.4 is 25.8 Å². The van der Waals surface area contributed by atoms with Crippen LogP contribution in [0, 0.1) is 0 Å². The van der Waals surface area contributed by atoms with Gasteiger partial charge < -0.3 is 25.8 Å². The highest BCUT2D eigenvalue weighted by molar-refractivity contribution is 6.02. The number of benzene rings is 1. The first kappa shape index (κ1) is 15.0. The van der Waals surface area contributed by atoms with Crippen LogP contribution in [0.3, 0.4) is 0 Å². The molecule has 1 aromatic rings. The fraction of sp³-hybridized carbons (Fsp3) is 0.429. The van der Waals surface area contributed by atoms with E-state index in [1.807, 2.05) is 0 Å². The minimum absolute atomic E-state index is 0.173. The minimum atomic E-state index is -0.529. The minimum Gasteiger partial charge on any atom is -0.493 e. The molecule has 1 unspecified atom stereocenters. The Kier molecular flexibility index (Phi) is 4.52. The smallest absolute Gasteiger partial charge is 0.254 e. The second-order valence-corrected chi connectivity index (χ2v) is 4.75. The van der Waals surface area contributed by atoms with Crippen molar-refractivity contribution < 1.29 is 19.1 Å². The third-order valence-corrected chi connectivity index (χ3v) is 3.39. The lowest BCUT2D eigenvalue weighted by Gasteiger charge is -2.23. The standard InChI is InChI=1S/C14H19N3O4/c1-20-11-6-8(9(15)7-12(11)21-2)13(18)17-10-4-3-5-16-14(10)19/h6-7,10H,3-5,15H2,1-2H3,(H,16,19)(H,17,18). The largest absolute Gasteiger partial charge is 0.493 e. The number of piperidine rings is 1. The summed E-state index contributed by atoms with van der Waals surface area (Å²) in [6, 6.07) is 2.50. The Morgan fingerprint density at radius 2 is 2.00 bits per heavy atom. The number of hydrogen-bond donors (Lipinski definition) is 3. The summed E-state index contributed by atoms with van der Waals surface area (Å²) in [4.78, 5) is 23.9. The van der Waals surface area contributed by atoms with E-state index in [1.165, 1.54) is 26.4 Å². The molecule has 4 N–H and O–H groups in total. The Balaban J connectivity index is 2.20. The van der Waals surface area contributed by atoms with E-state index in [0.717, 1.165) is 6.42 Å².